The molecule has 0 saturated carbocycles. The molecule has 2 amide bonds. The fraction of sp³-hybridized carbons (Fsp3) is 0.190. The Balaban J connectivity index is 1.51. The molecule has 7 nitrogen and oxygen atoms in total. The number of halogens is 2. The quantitative estimate of drug-likeness (QED) is 0.510. The maximum absolute atomic E-state index is 13.5. The molecule has 9 heteroatoms. The molecule has 0 atom stereocenters. The second kappa shape index (κ2) is 9.52. The SMILES string of the molecule is COc1ccc2nc(NCCCNC(=O)Nc3ccc(F)cc3F)c(C#N)cc2c1. The summed E-state index contributed by atoms with van der Waals surface area (Å²) in [6.45, 7) is 0.753. The Hall–Kier alpha value is -3.93. The smallest absolute Gasteiger partial charge is 0.319 e. The van der Waals surface area contributed by atoms with Crippen LogP contribution in [0, 0.1) is 23.0 Å². The van der Waals surface area contributed by atoms with Crippen molar-refractivity contribution in [2.75, 3.05) is 30.8 Å². The van der Waals surface area contributed by atoms with E-state index in [0.29, 0.717) is 42.7 Å². The van der Waals surface area contributed by atoms with Crippen LogP contribution in [0.3, 0.4) is 0 Å². The summed E-state index contributed by atoms with van der Waals surface area (Å²) in [7, 11) is 1.57. The van der Waals surface area contributed by atoms with E-state index in [2.05, 4.69) is 27.0 Å². The molecule has 3 N–H and O–H groups in total. The van der Waals surface area contributed by atoms with Gasteiger partial charge in [0, 0.05) is 24.5 Å². The zero-order chi connectivity index (χ0) is 21.5. The highest BCUT2D eigenvalue weighted by atomic mass is 19.1. The van der Waals surface area contributed by atoms with Gasteiger partial charge in [0.15, 0.2) is 0 Å². The number of ether oxygens (including phenoxy) is 1. The number of nitrogens with zero attached hydrogens (tertiary/aromatic N) is 2. The number of anilines is 2. The number of carbonyl (C=O) groups excluding carboxylic acids is 1. The molecule has 0 radical (unpaired) electrons. The number of carbonyl (C=O) groups is 1. The highest BCUT2D eigenvalue weighted by Crippen LogP contribution is 2.24. The van der Waals surface area contributed by atoms with Crippen LogP contribution in [0.15, 0.2) is 42.5 Å². The third kappa shape index (κ3) is 5.11. The molecule has 1 heterocycles. The van der Waals surface area contributed by atoms with Gasteiger partial charge < -0.3 is 20.7 Å². The lowest BCUT2D eigenvalue weighted by atomic mass is 10.1. The summed E-state index contributed by atoms with van der Waals surface area (Å²) >= 11 is 0. The van der Waals surface area contributed by atoms with Crippen LogP contribution in [0.4, 0.5) is 25.1 Å². The molecule has 30 heavy (non-hydrogen) atoms. The lowest BCUT2D eigenvalue weighted by molar-refractivity contribution is 0.252. The van der Waals surface area contributed by atoms with Crippen LogP contribution in [0.2, 0.25) is 0 Å². The van der Waals surface area contributed by atoms with Gasteiger partial charge in [-0.2, -0.15) is 5.26 Å². The van der Waals surface area contributed by atoms with E-state index in [1.54, 1.807) is 31.4 Å². The molecular formula is C21H19F2N5O2. The first-order valence-corrected chi connectivity index (χ1v) is 9.13. The molecule has 0 aliphatic heterocycles. The van der Waals surface area contributed by atoms with Crippen molar-refractivity contribution in [1.29, 1.82) is 5.26 Å². The van der Waals surface area contributed by atoms with E-state index in [-0.39, 0.29) is 5.69 Å². The molecule has 0 bridgehead atoms. The number of hydrogen-bond donors (Lipinski definition) is 3. The Kier molecular flexibility index (Phi) is 6.60. The number of hydrogen-bond acceptors (Lipinski definition) is 5. The van der Waals surface area contributed by atoms with Crippen LogP contribution in [0.5, 0.6) is 5.75 Å². The number of urea groups is 1. The van der Waals surface area contributed by atoms with Crippen molar-refractivity contribution < 1.29 is 18.3 Å². The molecule has 1 aromatic heterocycles. The minimum atomic E-state index is -0.851. The zero-order valence-corrected chi connectivity index (χ0v) is 16.1. The van der Waals surface area contributed by atoms with Gasteiger partial charge in [-0.3, -0.25) is 0 Å². The lowest BCUT2D eigenvalue weighted by Gasteiger charge is -2.11. The van der Waals surface area contributed by atoms with Crippen molar-refractivity contribution in [2.24, 2.45) is 0 Å². The van der Waals surface area contributed by atoms with Crippen LogP contribution in [-0.4, -0.2) is 31.2 Å². The summed E-state index contributed by atoms with van der Waals surface area (Å²) < 4.78 is 31.6. The fourth-order valence-electron chi connectivity index (χ4n) is 2.76. The zero-order valence-electron chi connectivity index (χ0n) is 16.1. The van der Waals surface area contributed by atoms with Gasteiger partial charge in [0.2, 0.25) is 0 Å². The second-order valence-electron chi connectivity index (χ2n) is 6.34. The van der Waals surface area contributed by atoms with Crippen molar-refractivity contribution in [2.45, 2.75) is 6.42 Å². The Bertz CT molecular complexity index is 1110. The van der Waals surface area contributed by atoms with Crippen molar-refractivity contribution in [3.05, 3.63) is 59.7 Å². The molecule has 2 aromatic carbocycles. The first-order valence-electron chi connectivity index (χ1n) is 9.13. The van der Waals surface area contributed by atoms with Crippen molar-refractivity contribution >= 4 is 28.4 Å². The molecule has 0 unspecified atom stereocenters. The first-order chi connectivity index (χ1) is 14.5. The largest absolute Gasteiger partial charge is 0.497 e. The van der Waals surface area contributed by atoms with Gasteiger partial charge in [-0.25, -0.2) is 18.6 Å². The van der Waals surface area contributed by atoms with Gasteiger partial charge >= 0.3 is 6.03 Å². The predicted molar refractivity (Wildman–Crippen MR) is 109 cm³/mol. The maximum Gasteiger partial charge on any atom is 0.319 e. The van der Waals surface area contributed by atoms with E-state index in [1.165, 1.54) is 0 Å². The Morgan fingerprint density at radius 3 is 2.73 bits per heavy atom. The van der Waals surface area contributed by atoms with Crippen molar-refractivity contribution in [3.63, 3.8) is 0 Å². The third-order valence-corrected chi connectivity index (χ3v) is 4.25. The van der Waals surface area contributed by atoms with Gasteiger partial charge in [0.1, 0.15) is 29.3 Å². The summed E-state index contributed by atoms with van der Waals surface area (Å²) in [4.78, 5) is 16.3. The number of nitriles is 1. The third-order valence-electron chi connectivity index (χ3n) is 4.25. The Labute approximate surface area is 171 Å². The standard InChI is InChI=1S/C21H19F2N5O2/c1-30-16-4-6-18-13(10-16)9-14(12-24)20(27-18)25-7-2-8-26-21(29)28-19-5-3-15(22)11-17(19)23/h3-6,9-11H,2,7-8H2,1H3,(H,25,27)(H2,26,28,29). The van der Waals surface area contributed by atoms with Crippen LogP contribution >= 0.6 is 0 Å². The summed E-state index contributed by atoms with van der Waals surface area (Å²) in [6.07, 6.45) is 0.534. The first kappa shape index (κ1) is 20.8. The average molecular weight is 411 g/mol. The van der Waals surface area contributed by atoms with Gasteiger partial charge in [-0.15, -0.1) is 0 Å². The number of methoxy groups -OCH3 is 1. The summed E-state index contributed by atoms with van der Waals surface area (Å²) in [5.41, 5.74) is 1.01. The minimum absolute atomic E-state index is 0.109. The number of benzene rings is 2. The van der Waals surface area contributed by atoms with E-state index >= 15 is 0 Å². The Morgan fingerprint density at radius 2 is 2.00 bits per heavy atom. The summed E-state index contributed by atoms with van der Waals surface area (Å²) in [5, 5.41) is 18.2. The van der Waals surface area contributed by atoms with Crippen molar-refractivity contribution in [3.8, 4) is 11.8 Å². The molecule has 154 valence electrons. The number of nitrogens with one attached hydrogen (secondary N) is 3. The summed E-state index contributed by atoms with van der Waals surface area (Å²) in [5.74, 6) is -0.440. The lowest BCUT2D eigenvalue weighted by Crippen LogP contribution is -2.30. The molecule has 0 saturated heterocycles. The second-order valence-corrected chi connectivity index (χ2v) is 6.34. The topological polar surface area (TPSA) is 99.1 Å². The number of aromatic nitrogens is 1. The molecule has 3 rings (SSSR count). The molecular weight excluding hydrogens is 392 g/mol. The molecule has 0 aliphatic rings. The highest BCUT2D eigenvalue weighted by molar-refractivity contribution is 5.89. The van der Waals surface area contributed by atoms with E-state index in [9.17, 15) is 18.8 Å². The normalized spacial score (nSPS) is 10.3. The number of fused-ring (bicyclic) bond motifs is 1. The van der Waals surface area contributed by atoms with E-state index in [0.717, 1.165) is 23.0 Å². The number of rotatable bonds is 7. The van der Waals surface area contributed by atoms with Crippen LogP contribution in [0.1, 0.15) is 12.0 Å². The maximum atomic E-state index is 13.5. The van der Waals surface area contributed by atoms with E-state index < -0.39 is 17.7 Å². The number of pyridine rings is 1. The van der Waals surface area contributed by atoms with Gasteiger partial charge in [-0.05, 0) is 42.8 Å². The van der Waals surface area contributed by atoms with Gasteiger partial charge in [-0.1, -0.05) is 0 Å². The van der Waals surface area contributed by atoms with E-state index in [1.807, 2.05) is 0 Å². The fourth-order valence-corrected chi connectivity index (χ4v) is 2.76. The Morgan fingerprint density at radius 1 is 1.17 bits per heavy atom. The monoisotopic (exact) mass is 411 g/mol. The van der Waals surface area contributed by atoms with E-state index in [4.69, 9.17) is 4.74 Å². The van der Waals surface area contributed by atoms with Crippen LogP contribution in [0.25, 0.3) is 10.9 Å². The van der Waals surface area contributed by atoms with Gasteiger partial charge in [0.25, 0.3) is 0 Å². The molecule has 0 spiro atoms. The highest BCUT2D eigenvalue weighted by Gasteiger charge is 2.09. The summed E-state index contributed by atoms with van der Waals surface area (Å²) in [6, 6.07) is 11.5. The average Bonchev–Trinajstić information content (AvgIpc) is 2.74. The molecule has 0 aliphatic carbocycles. The molecule has 3 aromatic rings. The predicted octanol–water partition coefficient (Wildman–Crippen LogP) is 4.02. The van der Waals surface area contributed by atoms with Gasteiger partial charge in [0.05, 0.1) is 23.9 Å². The van der Waals surface area contributed by atoms with Crippen LogP contribution in [-0.2, 0) is 0 Å². The number of amides is 2. The van der Waals surface area contributed by atoms with Crippen molar-refractivity contribution in [1.82, 2.24) is 10.3 Å². The molecule has 0 fully saturated rings. The minimum Gasteiger partial charge on any atom is -0.497 e. The van der Waals surface area contributed by atoms with Crippen LogP contribution < -0.4 is 20.7 Å².